The van der Waals surface area contributed by atoms with Gasteiger partial charge >= 0.3 is 0 Å². The van der Waals surface area contributed by atoms with Crippen LogP contribution in [0.1, 0.15) is 12.8 Å². The summed E-state index contributed by atoms with van der Waals surface area (Å²) in [6, 6.07) is 9.24. The molecular formula is C16H18BrN5O2. The largest absolute Gasteiger partial charge is 0.367 e. The van der Waals surface area contributed by atoms with Gasteiger partial charge in [0.1, 0.15) is 5.69 Å². The zero-order valence-electron chi connectivity index (χ0n) is 13.3. The summed E-state index contributed by atoms with van der Waals surface area (Å²) in [5.74, 6) is 0.860. The van der Waals surface area contributed by atoms with Crippen LogP contribution in [0.3, 0.4) is 0 Å². The summed E-state index contributed by atoms with van der Waals surface area (Å²) < 4.78 is 0.702. The molecule has 8 heteroatoms. The van der Waals surface area contributed by atoms with Gasteiger partial charge in [-0.1, -0.05) is 15.9 Å². The molecule has 0 bridgehead atoms. The lowest BCUT2D eigenvalue weighted by molar-refractivity contribution is -0.384. The van der Waals surface area contributed by atoms with Crippen LogP contribution in [0.2, 0.25) is 0 Å². The molecule has 1 aliphatic heterocycles. The van der Waals surface area contributed by atoms with E-state index >= 15 is 0 Å². The van der Waals surface area contributed by atoms with Crippen molar-refractivity contribution in [2.24, 2.45) is 0 Å². The van der Waals surface area contributed by atoms with Crippen LogP contribution in [0.25, 0.3) is 0 Å². The first-order valence-electron chi connectivity index (χ1n) is 7.75. The Morgan fingerprint density at radius 2 is 2.29 bits per heavy atom. The average Bonchev–Trinajstić information content (AvgIpc) is 3.03. The third-order valence-corrected chi connectivity index (χ3v) is 4.75. The number of hydrogen-bond donors (Lipinski definition) is 0. The molecule has 1 aliphatic rings. The lowest BCUT2D eigenvalue weighted by atomic mass is 10.2. The van der Waals surface area contributed by atoms with Crippen LogP contribution in [0.15, 0.2) is 41.0 Å². The summed E-state index contributed by atoms with van der Waals surface area (Å²) in [4.78, 5) is 15.2. The molecule has 7 nitrogen and oxygen atoms in total. The van der Waals surface area contributed by atoms with Gasteiger partial charge in [-0.05, 0) is 37.1 Å². The van der Waals surface area contributed by atoms with Crippen molar-refractivity contribution in [1.82, 2.24) is 10.2 Å². The molecule has 0 spiro atoms. The Labute approximate surface area is 148 Å². The van der Waals surface area contributed by atoms with Crippen LogP contribution in [-0.4, -0.2) is 41.3 Å². The minimum absolute atomic E-state index is 0.107. The minimum atomic E-state index is -0.342. The number of rotatable bonds is 5. The summed E-state index contributed by atoms with van der Waals surface area (Å²) in [5, 5.41) is 19.5. The minimum Gasteiger partial charge on any atom is -0.367 e. The Hall–Kier alpha value is -2.22. The van der Waals surface area contributed by atoms with Gasteiger partial charge in [-0.3, -0.25) is 10.1 Å². The van der Waals surface area contributed by atoms with Gasteiger partial charge in [0.2, 0.25) is 0 Å². The molecule has 1 atom stereocenters. The fraction of sp³-hybridized carbons (Fsp3) is 0.375. The fourth-order valence-electron chi connectivity index (χ4n) is 3.15. The Bertz CT molecular complexity index is 728. The van der Waals surface area contributed by atoms with Gasteiger partial charge in [-0.15, -0.1) is 5.10 Å². The lowest BCUT2D eigenvalue weighted by Gasteiger charge is -2.30. The molecule has 126 valence electrons. The van der Waals surface area contributed by atoms with Crippen LogP contribution < -0.4 is 9.80 Å². The summed E-state index contributed by atoms with van der Waals surface area (Å²) in [6.07, 6.45) is 3.77. The summed E-state index contributed by atoms with van der Waals surface area (Å²) in [6.45, 7) is 1.62. The maximum Gasteiger partial charge on any atom is 0.293 e. The topological polar surface area (TPSA) is 75.4 Å². The number of aromatic nitrogens is 2. The molecular weight excluding hydrogens is 374 g/mol. The van der Waals surface area contributed by atoms with E-state index in [1.165, 1.54) is 0 Å². The van der Waals surface area contributed by atoms with Gasteiger partial charge < -0.3 is 9.80 Å². The number of nitrogens with zero attached hydrogens (tertiary/aromatic N) is 5. The van der Waals surface area contributed by atoms with Gasteiger partial charge in [0, 0.05) is 42.9 Å². The van der Waals surface area contributed by atoms with Crippen LogP contribution >= 0.6 is 15.9 Å². The molecule has 0 N–H and O–H groups in total. The van der Waals surface area contributed by atoms with E-state index in [2.05, 4.69) is 31.0 Å². The van der Waals surface area contributed by atoms with E-state index in [0.717, 1.165) is 25.2 Å². The number of halogens is 1. The molecule has 2 aromatic rings. The van der Waals surface area contributed by atoms with Gasteiger partial charge in [0.05, 0.1) is 4.92 Å². The Balaban J connectivity index is 1.79. The lowest BCUT2D eigenvalue weighted by Crippen LogP contribution is -2.39. The van der Waals surface area contributed by atoms with Gasteiger partial charge in [0.15, 0.2) is 5.82 Å². The zero-order valence-corrected chi connectivity index (χ0v) is 14.9. The van der Waals surface area contributed by atoms with E-state index in [4.69, 9.17) is 0 Å². The highest BCUT2D eigenvalue weighted by Gasteiger charge is 2.28. The summed E-state index contributed by atoms with van der Waals surface area (Å²) in [7, 11) is 1.89. The molecule has 0 saturated carbocycles. The second kappa shape index (κ2) is 7.12. The number of nitro groups is 1. The second-order valence-corrected chi connectivity index (χ2v) is 6.76. The predicted octanol–water partition coefficient (Wildman–Crippen LogP) is 3.25. The second-order valence-electron chi connectivity index (χ2n) is 5.84. The summed E-state index contributed by atoms with van der Waals surface area (Å²) >= 11 is 3.30. The molecule has 0 aliphatic carbocycles. The first-order chi connectivity index (χ1) is 11.6. The van der Waals surface area contributed by atoms with E-state index < -0.39 is 0 Å². The maximum atomic E-state index is 11.3. The standard InChI is InChI=1S/C16H18BrN5O2/c1-20(14-7-6-12(17)10-15(14)22(23)24)11-13-4-3-9-21(13)16-5-2-8-18-19-16/h2,5-8,10,13H,3-4,9,11H2,1H3. The number of likely N-dealkylation sites (N-methyl/N-ethyl adjacent to an activating group) is 1. The first kappa shape index (κ1) is 16.6. The van der Waals surface area contributed by atoms with Gasteiger partial charge in [0.25, 0.3) is 5.69 Å². The molecule has 0 amide bonds. The fourth-order valence-corrected chi connectivity index (χ4v) is 3.50. The zero-order chi connectivity index (χ0) is 17.1. The molecule has 2 heterocycles. The molecule has 1 fully saturated rings. The Kier molecular flexibility index (Phi) is 4.94. The van der Waals surface area contributed by atoms with Crippen molar-refractivity contribution in [1.29, 1.82) is 0 Å². The molecule has 24 heavy (non-hydrogen) atoms. The normalized spacial score (nSPS) is 17.1. The van der Waals surface area contributed by atoms with Gasteiger partial charge in [-0.2, -0.15) is 5.10 Å². The maximum absolute atomic E-state index is 11.3. The van der Waals surface area contributed by atoms with Crippen molar-refractivity contribution < 1.29 is 4.92 Å². The SMILES string of the molecule is CN(CC1CCCN1c1cccnn1)c1ccc(Br)cc1[N+](=O)[O-]. The quantitative estimate of drug-likeness (QED) is 0.575. The van der Waals surface area contributed by atoms with E-state index in [0.29, 0.717) is 16.7 Å². The van der Waals surface area contributed by atoms with Crippen molar-refractivity contribution in [3.63, 3.8) is 0 Å². The molecule has 3 rings (SSSR count). The number of nitro benzene ring substituents is 1. The monoisotopic (exact) mass is 391 g/mol. The van der Waals surface area contributed by atoms with Crippen molar-refractivity contribution >= 4 is 33.1 Å². The van der Waals surface area contributed by atoms with Crippen LogP contribution in [-0.2, 0) is 0 Å². The smallest absolute Gasteiger partial charge is 0.293 e. The van der Waals surface area contributed by atoms with E-state index in [1.54, 1.807) is 18.3 Å². The van der Waals surface area contributed by atoms with Crippen molar-refractivity contribution in [2.75, 3.05) is 29.9 Å². The molecule has 1 unspecified atom stereocenters. The van der Waals surface area contributed by atoms with Crippen LogP contribution in [0.4, 0.5) is 17.2 Å². The third kappa shape index (κ3) is 3.48. The number of anilines is 2. The highest BCUT2D eigenvalue weighted by molar-refractivity contribution is 9.10. The predicted molar refractivity (Wildman–Crippen MR) is 96.5 cm³/mol. The van der Waals surface area contributed by atoms with Crippen molar-refractivity contribution in [3.05, 3.63) is 51.1 Å². The van der Waals surface area contributed by atoms with Gasteiger partial charge in [-0.25, -0.2) is 0 Å². The van der Waals surface area contributed by atoms with E-state index in [9.17, 15) is 10.1 Å². The van der Waals surface area contributed by atoms with Crippen LogP contribution in [0.5, 0.6) is 0 Å². The Morgan fingerprint density at radius 3 is 3.00 bits per heavy atom. The van der Waals surface area contributed by atoms with Crippen molar-refractivity contribution in [3.8, 4) is 0 Å². The first-order valence-corrected chi connectivity index (χ1v) is 8.55. The number of benzene rings is 1. The highest BCUT2D eigenvalue weighted by Crippen LogP contribution is 2.32. The average molecular weight is 392 g/mol. The molecule has 1 aromatic carbocycles. The molecule has 0 radical (unpaired) electrons. The Morgan fingerprint density at radius 1 is 1.46 bits per heavy atom. The van der Waals surface area contributed by atoms with Crippen LogP contribution in [0, 0.1) is 10.1 Å². The highest BCUT2D eigenvalue weighted by atomic mass is 79.9. The molecule has 1 aromatic heterocycles. The molecule has 1 saturated heterocycles. The summed E-state index contributed by atoms with van der Waals surface area (Å²) in [5.41, 5.74) is 0.727. The van der Waals surface area contributed by atoms with E-state index in [1.807, 2.05) is 30.1 Å². The van der Waals surface area contributed by atoms with E-state index in [-0.39, 0.29) is 16.7 Å². The number of hydrogen-bond acceptors (Lipinski definition) is 6. The third-order valence-electron chi connectivity index (χ3n) is 4.26. The van der Waals surface area contributed by atoms with Crippen molar-refractivity contribution in [2.45, 2.75) is 18.9 Å².